The van der Waals surface area contributed by atoms with Crippen molar-refractivity contribution in [2.24, 2.45) is 0 Å². The quantitative estimate of drug-likeness (QED) is 0.598. The first kappa shape index (κ1) is 8.97. The van der Waals surface area contributed by atoms with Gasteiger partial charge in [-0.1, -0.05) is 0 Å². The van der Waals surface area contributed by atoms with Crippen LogP contribution in [0, 0.1) is 0 Å². The fourth-order valence-corrected chi connectivity index (χ4v) is 1.39. The molecule has 0 aliphatic heterocycles. The average molecular weight is 159 g/mol. The van der Waals surface area contributed by atoms with Gasteiger partial charge in [-0.05, 0) is 26.8 Å². The van der Waals surface area contributed by atoms with Crippen LogP contribution in [0.3, 0.4) is 0 Å². The lowest BCUT2D eigenvalue weighted by molar-refractivity contribution is 0.0769. The number of β-amino-alcohol motifs (C(OH)–C–C–N with tert-alkyl or cyclic N) is 1. The maximum atomic E-state index is 9.09. The Morgan fingerprint density at radius 1 is 1.55 bits per heavy atom. The van der Waals surface area contributed by atoms with Gasteiger partial charge in [-0.3, -0.25) is 4.90 Å². The number of aliphatic hydroxyl groups excluding tert-OH is 2. The van der Waals surface area contributed by atoms with Crippen molar-refractivity contribution in [3.63, 3.8) is 0 Å². The number of rotatable bonds is 4. The topological polar surface area (TPSA) is 43.7 Å². The van der Waals surface area contributed by atoms with Crippen molar-refractivity contribution in [2.45, 2.75) is 31.4 Å². The summed E-state index contributed by atoms with van der Waals surface area (Å²) >= 11 is 0. The zero-order chi connectivity index (χ0) is 8.48. The molecule has 1 fully saturated rings. The second-order valence-corrected chi connectivity index (χ2v) is 3.61. The summed E-state index contributed by atoms with van der Waals surface area (Å²) in [4.78, 5) is 2.05. The lowest BCUT2D eigenvalue weighted by Gasteiger charge is -2.27. The number of nitrogens with zero attached hydrogens (tertiary/aromatic N) is 1. The molecule has 0 aromatic heterocycles. The van der Waals surface area contributed by atoms with Crippen molar-refractivity contribution in [2.75, 3.05) is 20.2 Å². The number of hydrogen-bond donors (Lipinski definition) is 2. The predicted molar refractivity (Wildman–Crippen MR) is 43.4 cm³/mol. The van der Waals surface area contributed by atoms with E-state index in [4.69, 9.17) is 10.2 Å². The maximum absolute atomic E-state index is 9.09. The molecule has 0 spiro atoms. The van der Waals surface area contributed by atoms with Gasteiger partial charge < -0.3 is 10.2 Å². The Kier molecular flexibility index (Phi) is 2.52. The van der Waals surface area contributed by atoms with Crippen molar-refractivity contribution in [1.29, 1.82) is 0 Å². The van der Waals surface area contributed by atoms with Crippen LogP contribution in [0.2, 0.25) is 0 Å². The molecule has 11 heavy (non-hydrogen) atoms. The van der Waals surface area contributed by atoms with Gasteiger partial charge in [0.25, 0.3) is 0 Å². The lowest BCUT2D eigenvalue weighted by Crippen LogP contribution is -2.40. The van der Waals surface area contributed by atoms with Gasteiger partial charge in [0.15, 0.2) is 0 Å². The summed E-state index contributed by atoms with van der Waals surface area (Å²) < 4.78 is 0. The fraction of sp³-hybridized carbons (Fsp3) is 1.00. The highest BCUT2D eigenvalue weighted by Crippen LogP contribution is 2.40. The van der Waals surface area contributed by atoms with E-state index in [0.29, 0.717) is 6.54 Å². The van der Waals surface area contributed by atoms with Gasteiger partial charge in [0.1, 0.15) is 0 Å². The molecule has 0 radical (unpaired) electrons. The Bertz CT molecular complexity index is 132. The molecule has 0 aromatic carbocycles. The van der Waals surface area contributed by atoms with Gasteiger partial charge >= 0.3 is 0 Å². The molecule has 1 unspecified atom stereocenters. The summed E-state index contributed by atoms with van der Waals surface area (Å²) in [6, 6.07) is 0. The molecule has 3 heteroatoms. The third-order valence-corrected chi connectivity index (χ3v) is 2.47. The Balaban J connectivity index is 2.34. The number of aliphatic hydroxyl groups is 2. The molecular formula is C8H17NO2. The van der Waals surface area contributed by atoms with E-state index < -0.39 is 0 Å². The van der Waals surface area contributed by atoms with Crippen LogP contribution in [0.25, 0.3) is 0 Å². The summed E-state index contributed by atoms with van der Waals surface area (Å²) in [5.41, 5.74) is 0.0109. The number of likely N-dealkylation sites (N-methyl/N-ethyl adjacent to an activating group) is 1. The van der Waals surface area contributed by atoms with Crippen LogP contribution in [0.5, 0.6) is 0 Å². The first-order chi connectivity index (χ1) is 5.10. The highest BCUT2D eigenvalue weighted by atomic mass is 16.3. The second-order valence-electron chi connectivity index (χ2n) is 3.61. The maximum Gasteiger partial charge on any atom is 0.0639 e. The molecule has 0 bridgehead atoms. The highest BCUT2D eigenvalue weighted by molar-refractivity contribution is 5.02. The smallest absolute Gasteiger partial charge is 0.0639 e. The Morgan fingerprint density at radius 3 is 2.36 bits per heavy atom. The largest absolute Gasteiger partial charge is 0.394 e. The molecule has 3 nitrogen and oxygen atoms in total. The molecule has 2 N–H and O–H groups in total. The van der Waals surface area contributed by atoms with E-state index in [-0.39, 0.29) is 18.2 Å². The molecule has 1 aliphatic carbocycles. The molecule has 0 heterocycles. The Hall–Kier alpha value is -0.120. The standard InChI is InChI=1S/C8H17NO2/c1-7(11)5-9(2)8(6-10)3-4-8/h7,10-11H,3-6H2,1-2H3. The minimum absolute atomic E-state index is 0.0109. The molecule has 0 amide bonds. The zero-order valence-electron chi connectivity index (χ0n) is 7.25. The molecule has 66 valence electrons. The van der Waals surface area contributed by atoms with Crippen LogP contribution in [0.15, 0.2) is 0 Å². The van der Waals surface area contributed by atoms with E-state index in [1.807, 2.05) is 7.05 Å². The van der Waals surface area contributed by atoms with Crippen LogP contribution in [-0.2, 0) is 0 Å². The van der Waals surface area contributed by atoms with Crippen molar-refractivity contribution in [3.05, 3.63) is 0 Å². The van der Waals surface area contributed by atoms with Crippen molar-refractivity contribution in [1.82, 2.24) is 4.90 Å². The van der Waals surface area contributed by atoms with Crippen LogP contribution in [0.4, 0.5) is 0 Å². The first-order valence-corrected chi connectivity index (χ1v) is 4.11. The van der Waals surface area contributed by atoms with Gasteiger partial charge in [0.05, 0.1) is 12.7 Å². The molecule has 1 aliphatic rings. The fourth-order valence-electron chi connectivity index (χ4n) is 1.39. The summed E-state index contributed by atoms with van der Waals surface area (Å²) in [6.45, 7) is 2.64. The Labute approximate surface area is 67.6 Å². The predicted octanol–water partition coefficient (Wildman–Crippen LogP) is -0.176. The van der Waals surface area contributed by atoms with Gasteiger partial charge in [-0.25, -0.2) is 0 Å². The minimum Gasteiger partial charge on any atom is -0.394 e. The summed E-state index contributed by atoms with van der Waals surface area (Å²) in [5.74, 6) is 0. The molecule has 0 saturated heterocycles. The van der Waals surface area contributed by atoms with E-state index in [1.54, 1.807) is 6.92 Å². The van der Waals surface area contributed by atoms with Gasteiger partial charge in [0.2, 0.25) is 0 Å². The minimum atomic E-state index is -0.302. The molecule has 1 saturated carbocycles. The SMILES string of the molecule is CC(O)CN(C)C1(CO)CC1. The van der Waals surface area contributed by atoms with Gasteiger partial charge in [-0.15, -0.1) is 0 Å². The Morgan fingerprint density at radius 2 is 2.09 bits per heavy atom. The highest BCUT2D eigenvalue weighted by Gasteiger charge is 2.45. The third-order valence-electron chi connectivity index (χ3n) is 2.47. The first-order valence-electron chi connectivity index (χ1n) is 4.11. The summed E-state index contributed by atoms with van der Waals surface area (Å²) in [7, 11) is 1.95. The van der Waals surface area contributed by atoms with Crippen molar-refractivity contribution < 1.29 is 10.2 Å². The molecule has 1 rings (SSSR count). The van der Waals surface area contributed by atoms with E-state index in [1.165, 1.54) is 0 Å². The van der Waals surface area contributed by atoms with Crippen LogP contribution in [-0.4, -0.2) is 47.0 Å². The van der Waals surface area contributed by atoms with E-state index >= 15 is 0 Å². The zero-order valence-corrected chi connectivity index (χ0v) is 7.25. The van der Waals surface area contributed by atoms with E-state index in [9.17, 15) is 0 Å². The molecule has 1 atom stereocenters. The normalized spacial score (nSPS) is 23.7. The average Bonchev–Trinajstić information content (AvgIpc) is 2.65. The van der Waals surface area contributed by atoms with Crippen LogP contribution < -0.4 is 0 Å². The van der Waals surface area contributed by atoms with Crippen molar-refractivity contribution in [3.8, 4) is 0 Å². The summed E-state index contributed by atoms with van der Waals surface area (Å²) in [6.07, 6.45) is 1.82. The van der Waals surface area contributed by atoms with Crippen LogP contribution >= 0.6 is 0 Å². The number of hydrogen-bond acceptors (Lipinski definition) is 3. The monoisotopic (exact) mass is 159 g/mol. The summed E-state index contributed by atoms with van der Waals surface area (Å²) in [5, 5.41) is 18.1. The van der Waals surface area contributed by atoms with E-state index in [0.717, 1.165) is 12.8 Å². The molecular weight excluding hydrogens is 142 g/mol. The van der Waals surface area contributed by atoms with Crippen molar-refractivity contribution >= 4 is 0 Å². The second kappa shape index (κ2) is 3.09. The third kappa shape index (κ3) is 1.92. The lowest BCUT2D eigenvalue weighted by atomic mass is 10.2. The van der Waals surface area contributed by atoms with Crippen LogP contribution in [0.1, 0.15) is 19.8 Å². The van der Waals surface area contributed by atoms with E-state index in [2.05, 4.69) is 4.90 Å². The molecule has 0 aromatic rings. The van der Waals surface area contributed by atoms with Gasteiger partial charge in [-0.2, -0.15) is 0 Å². The van der Waals surface area contributed by atoms with Gasteiger partial charge in [0, 0.05) is 12.1 Å².